The lowest BCUT2D eigenvalue weighted by Gasteiger charge is -2.37. The van der Waals surface area contributed by atoms with Gasteiger partial charge in [0.2, 0.25) is 5.91 Å². The molecule has 2 aliphatic rings. The van der Waals surface area contributed by atoms with E-state index in [0.29, 0.717) is 23.6 Å². The number of fused-ring (bicyclic) bond motifs is 1. The summed E-state index contributed by atoms with van der Waals surface area (Å²) in [4.78, 5) is 15.0. The van der Waals surface area contributed by atoms with Crippen LogP contribution in [-0.4, -0.2) is 34.5 Å². The maximum absolute atomic E-state index is 12.7. The summed E-state index contributed by atoms with van der Waals surface area (Å²) >= 11 is 0. The molecule has 0 aromatic heterocycles. The normalized spacial score (nSPS) is 28.9. The van der Waals surface area contributed by atoms with E-state index < -0.39 is 0 Å². The highest BCUT2D eigenvalue weighted by atomic mass is 16.3. The average Bonchev–Trinajstić information content (AvgIpc) is 2.57. The molecule has 4 nitrogen and oxygen atoms in total. The van der Waals surface area contributed by atoms with Crippen LogP contribution in [0.1, 0.15) is 51.2 Å². The Morgan fingerprint density at radius 1 is 1.29 bits per heavy atom. The Hall–Kier alpha value is -1.55. The number of carbonyl (C=O) groups excluding carboxylic acids is 1. The number of amides is 1. The quantitative estimate of drug-likeness (QED) is 0.895. The zero-order valence-corrected chi connectivity index (χ0v) is 15.1. The van der Waals surface area contributed by atoms with E-state index in [1.807, 2.05) is 19.1 Å². The lowest BCUT2D eigenvalue weighted by Crippen LogP contribution is -2.52. The van der Waals surface area contributed by atoms with Crippen molar-refractivity contribution in [3.05, 3.63) is 29.3 Å². The third-order valence-electron chi connectivity index (χ3n) is 6.19. The van der Waals surface area contributed by atoms with Crippen LogP contribution in [0.4, 0.5) is 0 Å². The summed E-state index contributed by atoms with van der Waals surface area (Å²) in [6.45, 7) is 8.18. The maximum Gasteiger partial charge on any atom is 0.237 e. The average molecular weight is 330 g/mol. The van der Waals surface area contributed by atoms with Gasteiger partial charge in [-0.1, -0.05) is 32.8 Å². The second-order valence-corrected chi connectivity index (χ2v) is 7.73. The Morgan fingerprint density at radius 3 is 2.88 bits per heavy atom. The standard InChI is InChI=1S/C20H30N2O2/c1-13-5-4-6-19(14(13)2)21-20(24)15(3)22-10-9-16-7-8-18(23)11-17(16)12-22/h7-8,11,13-15,19,23H,4-6,9-10,12H2,1-3H3,(H,21,24). The van der Waals surface area contributed by atoms with E-state index >= 15 is 0 Å². The summed E-state index contributed by atoms with van der Waals surface area (Å²) in [5, 5.41) is 13.0. The van der Waals surface area contributed by atoms with E-state index in [9.17, 15) is 9.90 Å². The Balaban J connectivity index is 1.62. The Kier molecular flexibility index (Phi) is 5.14. The minimum atomic E-state index is -0.134. The number of benzene rings is 1. The van der Waals surface area contributed by atoms with Crippen molar-refractivity contribution < 1.29 is 9.90 Å². The van der Waals surface area contributed by atoms with Gasteiger partial charge in [-0.15, -0.1) is 0 Å². The summed E-state index contributed by atoms with van der Waals surface area (Å²) < 4.78 is 0. The number of aromatic hydroxyl groups is 1. The monoisotopic (exact) mass is 330 g/mol. The molecule has 1 aromatic carbocycles. The molecular weight excluding hydrogens is 300 g/mol. The third kappa shape index (κ3) is 3.59. The summed E-state index contributed by atoms with van der Waals surface area (Å²) in [5.74, 6) is 1.68. The van der Waals surface area contributed by atoms with Crippen LogP contribution < -0.4 is 5.32 Å². The van der Waals surface area contributed by atoms with Crippen molar-refractivity contribution in [1.29, 1.82) is 0 Å². The molecule has 3 rings (SSSR count). The predicted octanol–water partition coefficient (Wildman–Crippen LogP) is 3.08. The number of phenols is 1. The van der Waals surface area contributed by atoms with Gasteiger partial charge in [0.25, 0.3) is 0 Å². The fourth-order valence-electron chi connectivity index (χ4n) is 4.15. The minimum Gasteiger partial charge on any atom is -0.508 e. The topological polar surface area (TPSA) is 52.6 Å². The summed E-state index contributed by atoms with van der Waals surface area (Å²) in [5.41, 5.74) is 2.42. The molecule has 4 atom stereocenters. The molecule has 4 heteroatoms. The molecule has 24 heavy (non-hydrogen) atoms. The fraction of sp³-hybridized carbons (Fsp3) is 0.650. The number of hydrogen-bond acceptors (Lipinski definition) is 3. The van der Waals surface area contributed by atoms with Gasteiger partial charge in [-0.2, -0.15) is 0 Å². The van der Waals surface area contributed by atoms with Crippen LogP contribution in [0.5, 0.6) is 5.75 Å². The van der Waals surface area contributed by atoms with E-state index in [2.05, 4.69) is 24.1 Å². The highest BCUT2D eigenvalue weighted by molar-refractivity contribution is 5.81. The van der Waals surface area contributed by atoms with E-state index in [-0.39, 0.29) is 11.9 Å². The molecule has 2 N–H and O–H groups in total. The van der Waals surface area contributed by atoms with Crippen LogP contribution in [0.2, 0.25) is 0 Å². The molecule has 1 fully saturated rings. The number of rotatable bonds is 3. The first kappa shape index (κ1) is 17.3. The van der Waals surface area contributed by atoms with Crippen LogP contribution in [0.25, 0.3) is 0 Å². The third-order valence-corrected chi connectivity index (χ3v) is 6.19. The van der Waals surface area contributed by atoms with Crippen LogP contribution in [0, 0.1) is 11.8 Å². The van der Waals surface area contributed by atoms with Crippen molar-refractivity contribution in [2.24, 2.45) is 11.8 Å². The van der Waals surface area contributed by atoms with Crippen molar-refractivity contribution in [3.8, 4) is 5.75 Å². The highest BCUT2D eigenvalue weighted by Gasteiger charge is 2.31. The van der Waals surface area contributed by atoms with E-state index in [0.717, 1.165) is 31.5 Å². The number of hydrogen-bond donors (Lipinski definition) is 2. The Labute approximate surface area is 145 Å². The Morgan fingerprint density at radius 2 is 2.08 bits per heavy atom. The molecule has 0 radical (unpaired) electrons. The van der Waals surface area contributed by atoms with Gasteiger partial charge >= 0.3 is 0 Å². The number of nitrogens with one attached hydrogen (secondary N) is 1. The molecule has 0 bridgehead atoms. The van der Waals surface area contributed by atoms with Gasteiger partial charge in [0.1, 0.15) is 5.75 Å². The molecule has 1 heterocycles. The highest BCUT2D eigenvalue weighted by Crippen LogP contribution is 2.30. The molecular formula is C20H30N2O2. The number of phenolic OH excluding ortho intramolecular Hbond substituents is 1. The SMILES string of the molecule is CC1CCCC(NC(=O)C(C)N2CCc3ccc(O)cc3C2)C1C. The van der Waals surface area contributed by atoms with E-state index in [1.54, 1.807) is 6.07 Å². The number of carbonyl (C=O) groups is 1. The molecule has 0 saturated heterocycles. The van der Waals surface area contributed by atoms with Gasteiger partial charge in [-0.3, -0.25) is 9.69 Å². The Bertz CT molecular complexity index is 601. The zero-order valence-electron chi connectivity index (χ0n) is 15.1. The smallest absolute Gasteiger partial charge is 0.237 e. The van der Waals surface area contributed by atoms with E-state index in [4.69, 9.17) is 0 Å². The maximum atomic E-state index is 12.7. The first-order chi connectivity index (χ1) is 11.5. The lowest BCUT2D eigenvalue weighted by atomic mass is 9.78. The van der Waals surface area contributed by atoms with Gasteiger partial charge in [-0.05, 0) is 54.9 Å². The van der Waals surface area contributed by atoms with Gasteiger partial charge < -0.3 is 10.4 Å². The summed E-state index contributed by atoms with van der Waals surface area (Å²) in [6.07, 6.45) is 4.52. The van der Waals surface area contributed by atoms with Crippen molar-refractivity contribution in [1.82, 2.24) is 10.2 Å². The predicted molar refractivity (Wildman–Crippen MR) is 95.8 cm³/mol. The lowest BCUT2D eigenvalue weighted by molar-refractivity contribution is -0.127. The molecule has 1 aromatic rings. The molecule has 1 amide bonds. The van der Waals surface area contributed by atoms with Crippen molar-refractivity contribution in [3.63, 3.8) is 0 Å². The molecule has 1 aliphatic heterocycles. The zero-order chi connectivity index (χ0) is 17.3. The molecule has 4 unspecified atom stereocenters. The first-order valence-corrected chi connectivity index (χ1v) is 9.31. The summed E-state index contributed by atoms with van der Waals surface area (Å²) in [7, 11) is 0. The van der Waals surface area contributed by atoms with Crippen LogP contribution in [0.3, 0.4) is 0 Å². The molecule has 132 valence electrons. The fourth-order valence-corrected chi connectivity index (χ4v) is 4.15. The van der Waals surface area contributed by atoms with Gasteiger partial charge in [-0.25, -0.2) is 0 Å². The van der Waals surface area contributed by atoms with E-state index in [1.165, 1.54) is 18.4 Å². The van der Waals surface area contributed by atoms with Crippen molar-refractivity contribution in [2.75, 3.05) is 6.54 Å². The number of nitrogens with zero attached hydrogens (tertiary/aromatic N) is 1. The second kappa shape index (κ2) is 7.14. The minimum absolute atomic E-state index is 0.134. The van der Waals surface area contributed by atoms with Crippen LogP contribution in [-0.2, 0) is 17.8 Å². The molecule has 1 aliphatic carbocycles. The molecule has 0 spiro atoms. The van der Waals surface area contributed by atoms with Crippen LogP contribution in [0.15, 0.2) is 18.2 Å². The van der Waals surface area contributed by atoms with Crippen molar-refractivity contribution in [2.45, 2.75) is 65.1 Å². The van der Waals surface area contributed by atoms with Crippen molar-refractivity contribution >= 4 is 5.91 Å². The first-order valence-electron chi connectivity index (χ1n) is 9.31. The van der Waals surface area contributed by atoms with Gasteiger partial charge in [0.15, 0.2) is 0 Å². The van der Waals surface area contributed by atoms with Gasteiger partial charge in [0, 0.05) is 19.1 Å². The summed E-state index contributed by atoms with van der Waals surface area (Å²) in [6, 6.07) is 5.75. The second-order valence-electron chi connectivity index (χ2n) is 7.73. The largest absolute Gasteiger partial charge is 0.508 e. The molecule has 1 saturated carbocycles. The van der Waals surface area contributed by atoms with Gasteiger partial charge in [0.05, 0.1) is 6.04 Å². The van der Waals surface area contributed by atoms with Crippen LogP contribution >= 0.6 is 0 Å².